The highest BCUT2D eigenvalue weighted by Crippen LogP contribution is 2.65. The van der Waals surface area contributed by atoms with Gasteiger partial charge in [0.1, 0.15) is 0 Å². The molecule has 3 heteroatoms. The first-order valence-electron chi connectivity index (χ1n) is 21.4. The van der Waals surface area contributed by atoms with Gasteiger partial charge in [-0.25, -0.2) is 0 Å². The second-order valence-electron chi connectivity index (χ2n) is 16.7. The second-order valence-corrected chi connectivity index (χ2v) is 16.7. The lowest BCUT2D eigenvalue weighted by Gasteiger charge is -2.32. The predicted octanol–water partition coefficient (Wildman–Crippen LogP) is 15.5. The highest BCUT2D eigenvalue weighted by Gasteiger charge is 2.52. The van der Waals surface area contributed by atoms with E-state index in [0.29, 0.717) is 0 Å². The van der Waals surface area contributed by atoms with Crippen molar-refractivity contribution < 1.29 is 4.74 Å². The molecule has 288 valence electrons. The van der Waals surface area contributed by atoms with Crippen molar-refractivity contribution in [3.05, 3.63) is 241 Å². The average molecular weight is 789 g/mol. The highest BCUT2D eigenvalue weighted by atomic mass is 16.5. The number of nitrogens with zero attached hydrogens (tertiary/aromatic N) is 2. The van der Waals surface area contributed by atoms with Crippen LogP contribution in [0.3, 0.4) is 0 Å². The second kappa shape index (κ2) is 12.4. The predicted molar refractivity (Wildman–Crippen MR) is 255 cm³/mol. The highest BCUT2D eigenvalue weighted by molar-refractivity contribution is 6.13. The van der Waals surface area contributed by atoms with Crippen molar-refractivity contribution in [2.24, 2.45) is 0 Å². The maximum Gasteiger partial charge on any atom is 0.152 e. The third kappa shape index (κ3) is 4.29. The number of aromatic nitrogens is 1. The summed E-state index contributed by atoms with van der Waals surface area (Å²) in [6, 6.07) is 80.2. The molecule has 11 aromatic rings. The van der Waals surface area contributed by atoms with Crippen LogP contribution in [-0.4, -0.2) is 4.57 Å². The molecule has 0 N–H and O–H groups in total. The molecule has 0 saturated heterocycles. The minimum Gasteiger partial charge on any atom is -0.453 e. The van der Waals surface area contributed by atoms with Gasteiger partial charge in [0.2, 0.25) is 0 Å². The van der Waals surface area contributed by atoms with Crippen LogP contribution in [0.15, 0.2) is 218 Å². The Morgan fingerprint density at radius 1 is 0.387 bits per heavy atom. The van der Waals surface area contributed by atoms with Crippen molar-refractivity contribution in [2.75, 3.05) is 4.90 Å². The summed E-state index contributed by atoms with van der Waals surface area (Å²) in [4.78, 5) is 2.50. The number of benzene rings is 10. The third-order valence-electron chi connectivity index (χ3n) is 13.8. The Labute approximate surface area is 359 Å². The molecule has 1 spiro atoms. The molecule has 10 aromatic carbocycles. The van der Waals surface area contributed by atoms with Crippen LogP contribution in [-0.2, 0) is 5.41 Å². The van der Waals surface area contributed by atoms with E-state index in [0.717, 1.165) is 50.9 Å². The summed E-state index contributed by atoms with van der Waals surface area (Å²) in [6.45, 7) is 0. The molecule has 1 aromatic heterocycles. The van der Waals surface area contributed by atoms with Crippen LogP contribution in [0.25, 0.3) is 71.6 Å². The largest absolute Gasteiger partial charge is 0.453 e. The maximum atomic E-state index is 6.69. The van der Waals surface area contributed by atoms with E-state index < -0.39 is 5.41 Å². The van der Waals surface area contributed by atoms with Crippen molar-refractivity contribution in [3.63, 3.8) is 0 Å². The molecule has 3 aliphatic rings. The average Bonchev–Trinajstić information content (AvgIpc) is 3.95. The molecule has 0 bridgehead atoms. The number of hydrogen-bond acceptors (Lipinski definition) is 2. The minimum absolute atomic E-state index is 0.440. The molecule has 0 unspecified atom stereocenters. The van der Waals surface area contributed by atoms with Gasteiger partial charge in [-0.3, -0.25) is 0 Å². The number of rotatable bonds is 4. The Hall–Kier alpha value is -8.14. The van der Waals surface area contributed by atoms with E-state index in [9.17, 15) is 0 Å². The summed E-state index contributed by atoms with van der Waals surface area (Å²) in [5.41, 5.74) is 19.0. The van der Waals surface area contributed by atoms with Gasteiger partial charge >= 0.3 is 0 Å². The maximum absolute atomic E-state index is 6.69. The van der Waals surface area contributed by atoms with Crippen molar-refractivity contribution >= 4 is 49.6 Å². The standard InChI is InChI=1S/C59H36N2O/c1-2-17-40-37(15-1)16-11-29-51(40)60(53-30-14-27-50-56(53)46-21-5-9-26-49(46)59(50)47-24-7-3-18-42(47)43-19-4-8-25-48(43)59)39-35-33-38(34-36-39)41-22-12-31-54-57(41)61-52-28-10-6-20-44(52)45-23-13-32-55(62-54)58(45)61/h1-36H. The molecule has 0 atom stereocenters. The van der Waals surface area contributed by atoms with Gasteiger partial charge < -0.3 is 14.2 Å². The summed E-state index contributed by atoms with van der Waals surface area (Å²) >= 11 is 0. The van der Waals surface area contributed by atoms with Crippen LogP contribution >= 0.6 is 0 Å². The fourth-order valence-electron chi connectivity index (χ4n) is 11.4. The fraction of sp³-hybridized carbons (Fsp3) is 0.0169. The van der Waals surface area contributed by atoms with Gasteiger partial charge in [-0.15, -0.1) is 0 Å². The summed E-state index contributed by atoms with van der Waals surface area (Å²) in [5.74, 6) is 1.74. The Morgan fingerprint density at radius 2 is 0.935 bits per heavy atom. The zero-order chi connectivity index (χ0) is 40.5. The molecule has 1 aliphatic heterocycles. The molecule has 2 aliphatic carbocycles. The zero-order valence-corrected chi connectivity index (χ0v) is 33.6. The van der Waals surface area contributed by atoms with Crippen molar-refractivity contribution in [2.45, 2.75) is 5.41 Å². The molecular formula is C59H36N2O. The molecule has 0 saturated carbocycles. The Morgan fingerprint density at radius 3 is 1.74 bits per heavy atom. The first-order valence-corrected chi connectivity index (χ1v) is 21.4. The van der Waals surface area contributed by atoms with E-state index in [4.69, 9.17) is 4.74 Å². The third-order valence-corrected chi connectivity index (χ3v) is 13.8. The van der Waals surface area contributed by atoms with E-state index in [-0.39, 0.29) is 0 Å². The summed E-state index contributed by atoms with van der Waals surface area (Å²) in [7, 11) is 0. The lowest BCUT2D eigenvalue weighted by Crippen LogP contribution is -2.26. The summed E-state index contributed by atoms with van der Waals surface area (Å²) in [6.07, 6.45) is 0. The summed E-state index contributed by atoms with van der Waals surface area (Å²) in [5, 5.41) is 4.82. The number of para-hydroxylation sites is 3. The molecule has 2 heterocycles. The SMILES string of the molecule is c1ccc2c(c1)-c1ccccc1C21c2ccccc2-c2c(N(c3ccc(-c4cccc5c4-n4c6ccccc6c6cccc(c64)O5)cc3)c3cccc4ccccc34)cccc21. The van der Waals surface area contributed by atoms with Gasteiger partial charge in [0.15, 0.2) is 11.5 Å². The lowest BCUT2D eigenvalue weighted by molar-refractivity contribution is 0.477. The number of ether oxygens (including phenoxy) is 1. The van der Waals surface area contributed by atoms with Crippen LogP contribution in [0.5, 0.6) is 11.5 Å². The Bertz CT molecular complexity index is 3640. The first-order chi connectivity index (χ1) is 30.8. The molecule has 14 rings (SSSR count). The van der Waals surface area contributed by atoms with Gasteiger partial charge in [-0.05, 0) is 92.4 Å². The van der Waals surface area contributed by atoms with Gasteiger partial charge in [0.05, 0.1) is 33.5 Å². The minimum atomic E-state index is -0.440. The Balaban J connectivity index is 1.00. The van der Waals surface area contributed by atoms with Crippen LogP contribution in [0.2, 0.25) is 0 Å². The van der Waals surface area contributed by atoms with Crippen LogP contribution in [0.4, 0.5) is 17.1 Å². The summed E-state index contributed by atoms with van der Waals surface area (Å²) < 4.78 is 9.09. The number of hydrogen-bond donors (Lipinski definition) is 0. The quantitative estimate of drug-likeness (QED) is 0.177. The van der Waals surface area contributed by atoms with E-state index >= 15 is 0 Å². The van der Waals surface area contributed by atoms with E-state index in [2.05, 4.69) is 228 Å². The van der Waals surface area contributed by atoms with Crippen LogP contribution < -0.4 is 9.64 Å². The monoisotopic (exact) mass is 788 g/mol. The van der Waals surface area contributed by atoms with Crippen molar-refractivity contribution in [1.82, 2.24) is 4.57 Å². The van der Waals surface area contributed by atoms with Crippen LogP contribution in [0, 0.1) is 0 Å². The van der Waals surface area contributed by atoms with Crippen molar-refractivity contribution in [3.8, 4) is 50.6 Å². The fourth-order valence-corrected chi connectivity index (χ4v) is 11.4. The molecule has 0 fully saturated rings. The van der Waals surface area contributed by atoms with Gasteiger partial charge in [0, 0.05) is 33.0 Å². The smallest absolute Gasteiger partial charge is 0.152 e. The van der Waals surface area contributed by atoms with Crippen molar-refractivity contribution in [1.29, 1.82) is 0 Å². The normalized spacial score (nSPS) is 13.4. The van der Waals surface area contributed by atoms with Gasteiger partial charge in [-0.1, -0.05) is 176 Å². The molecule has 62 heavy (non-hydrogen) atoms. The van der Waals surface area contributed by atoms with E-state index in [1.807, 2.05) is 0 Å². The first kappa shape index (κ1) is 33.7. The number of fused-ring (bicyclic) bond motifs is 16. The topological polar surface area (TPSA) is 17.4 Å². The molecule has 3 nitrogen and oxygen atoms in total. The van der Waals surface area contributed by atoms with E-state index in [1.54, 1.807) is 0 Å². The zero-order valence-electron chi connectivity index (χ0n) is 33.6. The Kier molecular flexibility index (Phi) is 6.76. The number of anilines is 3. The lowest BCUT2D eigenvalue weighted by atomic mass is 9.70. The van der Waals surface area contributed by atoms with Gasteiger partial charge in [0.25, 0.3) is 0 Å². The molecule has 0 radical (unpaired) electrons. The van der Waals surface area contributed by atoms with E-state index in [1.165, 1.54) is 71.6 Å². The molecule has 0 amide bonds. The van der Waals surface area contributed by atoms with Crippen LogP contribution in [0.1, 0.15) is 22.3 Å². The van der Waals surface area contributed by atoms with Gasteiger partial charge in [-0.2, -0.15) is 0 Å². The molecular weight excluding hydrogens is 753 g/mol.